The molecule has 0 N–H and O–H groups in total. The summed E-state index contributed by atoms with van der Waals surface area (Å²) in [5.74, 6) is 0.846. The maximum absolute atomic E-state index is 8.90. The number of hydrogen-bond donors (Lipinski definition) is 0. The monoisotopic (exact) mass is 256 g/mol. The number of aromatic nitrogens is 3. The maximum Gasteiger partial charge on any atom is 0.185 e. The van der Waals surface area contributed by atoms with Crippen molar-refractivity contribution in [3.05, 3.63) is 41.2 Å². The molecule has 5 heteroatoms. The van der Waals surface area contributed by atoms with E-state index in [-0.39, 0.29) is 0 Å². The van der Waals surface area contributed by atoms with Gasteiger partial charge >= 0.3 is 0 Å². The molecule has 0 spiro atoms. The number of ether oxygens (including phenoxy) is 1. The first-order chi connectivity index (χ1) is 9.24. The third-order valence-corrected chi connectivity index (χ3v) is 2.84. The number of nitriles is 1. The smallest absolute Gasteiger partial charge is 0.185 e. The van der Waals surface area contributed by atoms with E-state index in [4.69, 9.17) is 10.00 Å². The first-order valence-corrected chi connectivity index (χ1v) is 6.26. The van der Waals surface area contributed by atoms with E-state index in [1.165, 1.54) is 5.56 Å². The zero-order valence-electron chi connectivity index (χ0n) is 11.1. The lowest BCUT2D eigenvalue weighted by Crippen LogP contribution is -2.12. The second kappa shape index (κ2) is 6.01. The van der Waals surface area contributed by atoms with Gasteiger partial charge in [-0.05, 0) is 31.0 Å². The predicted octanol–water partition coefficient (Wildman–Crippen LogP) is 2.10. The molecule has 98 valence electrons. The third kappa shape index (κ3) is 3.10. The van der Waals surface area contributed by atoms with Crippen LogP contribution < -0.4 is 4.74 Å². The van der Waals surface area contributed by atoms with Gasteiger partial charge in [0.25, 0.3) is 0 Å². The molecule has 0 bridgehead atoms. The minimum Gasteiger partial charge on any atom is -0.492 e. The Morgan fingerprint density at radius 3 is 2.95 bits per heavy atom. The summed E-state index contributed by atoms with van der Waals surface area (Å²) in [5, 5.41) is 16.7. The lowest BCUT2D eigenvalue weighted by Gasteiger charge is -2.08. The molecule has 2 rings (SSSR count). The van der Waals surface area contributed by atoms with E-state index in [1.807, 2.05) is 44.2 Å². The van der Waals surface area contributed by atoms with Crippen LogP contribution >= 0.6 is 0 Å². The van der Waals surface area contributed by atoms with Crippen molar-refractivity contribution in [3.63, 3.8) is 0 Å². The van der Waals surface area contributed by atoms with Gasteiger partial charge in [-0.25, -0.2) is 4.68 Å². The van der Waals surface area contributed by atoms with Gasteiger partial charge in [-0.3, -0.25) is 0 Å². The van der Waals surface area contributed by atoms with Crippen LogP contribution in [0.3, 0.4) is 0 Å². The zero-order valence-corrected chi connectivity index (χ0v) is 11.1. The molecule has 1 aromatic carbocycles. The summed E-state index contributed by atoms with van der Waals surface area (Å²) in [7, 11) is 0. The fourth-order valence-corrected chi connectivity index (χ4v) is 1.90. The van der Waals surface area contributed by atoms with Crippen molar-refractivity contribution >= 4 is 0 Å². The normalized spacial score (nSPS) is 10.2. The molecule has 0 unspecified atom stereocenters. The number of rotatable bonds is 5. The van der Waals surface area contributed by atoms with Crippen LogP contribution in [0.15, 0.2) is 24.3 Å². The van der Waals surface area contributed by atoms with E-state index >= 15 is 0 Å². The zero-order chi connectivity index (χ0) is 13.7. The number of hydrogen-bond acceptors (Lipinski definition) is 4. The molecule has 0 atom stereocenters. The molecule has 0 radical (unpaired) electrons. The van der Waals surface area contributed by atoms with E-state index in [0.29, 0.717) is 18.8 Å². The van der Waals surface area contributed by atoms with Crippen LogP contribution in [-0.2, 0) is 13.0 Å². The third-order valence-electron chi connectivity index (χ3n) is 2.84. The highest BCUT2D eigenvalue weighted by molar-refractivity contribution is 5.27. The Morgan fingerprint density at radius 1 is 1.42 bits per heavy atom. The van der Waals surface area contributed by atoms with Crippen molar-refractivity contribution in [2.24, 2.45) is 0 Å². The van der Waals surface area contributed by atoms with Crippen molar-refractivity contribution in [1.82, 2.24) is 15.0 Å². The van der Waals surface area contributed by atoms with E-state index in [9.17, 15) is 0 Å². The van der Waals surface area contributed by atoms with Crippen molar-refractivity contribution in [2.75, 3.05) is 6.61 Å². The quantitative estimate of drug-likeness (QED) is 0.821. The Morgan fingerprint density at radius 2 is 2.26 bits per heavy atom. The lowest BCUT2D eigenvalue weighted by molar-refractivity contribution is 0.287. The summed E-state index contributed by atoms with van der Waals surface area (Å²) < 4.78 is 7.39. The fourth-order valence-electron chi connectivity index (χ4n) is 1.90. The van der Waals surface area contributed by atoms with E-state index in [1.54, 1.807) is 4.68 Å². The standard InChI is InChI=1S/C14H16N4O/c1-3-14-13(10-15)16-17-18(14)7-8-19-12-6-4-5-11(2)9-12/h4-6,9H,3,7-8H2,1-2H3. The Bertz CT molecular complexity index is 598. The SMILES string of the molecule is CCc1c(C#N)nnn1CCOc1cccc(C)c1. The number of nitrogens with zero attached hydrogens (tertiary/aromatic N) is 4. The van der Waals surface area contributed by atoms with Gasteiger partial charge in [-0.15, -0.1) is 5.10 Å². The molecule has 2 aromatic rings. The van der Waals surface area contributed by atoms with Crippen LogP contribution in [0, 0.1) is 18.3 Å². The Balaban J connectivity index is 1.96. The van der Waals surface area contributed by atoms with Gasteiger partial charge in [-0.1, -0.05) is 24.3 Å². The van der Waals surface area contributed by atoms with Gasteiger partial charge in [0.2, 0.25) is 0 Å². The molecular weight excluding hydrogens is 240 g/mol. The summed E-state index contributed by atoms with van der Waals surface area (Å²) in [6.07, 6.45) is 0.736. The van der Waals surface area contributed by atoms with Gasteiger partial charge in [0.1, 0.15) is 18.4 Å². The van der Waals surface area contributed by atoms with Crippen molar-refractivity contribution in [2.45, 2.75) is 26.8 Å². The van der Waals surface area contributed by atoms with Crippen molar-refractivity contribution in [3.8, 4) is 11.8 Å². The lowest BCUT2D eigenvalue weighted by atomic mass is 10.2. The highest BCUT2D eigenvalue weighted by Crippen LogP contribution is 2.12. The largest absolute Gasteiger partial charge is 0.492 e. The molecule has 0 aliphatic rings. The van der Waals surface area contributed by atoms with Crippen molar-refractivity contribution < 1.29 is 4.74 Å². The molecule has 0 saturated carbocycles. The molecule has 5 nitrogen and oxygen atoms in total. The van der Waals surface area contributed by atoms with E-state index < -0.39 is 0 Å². The fraction of sp³-hybridized carbons (Fsp3) is 0.357. The molecule has 19 heavy (non-hydrogen) atoms. The van der Waals surface area contributed by atoms with Crippen LogP contribution in [0.2, 0.25) is 0 Å². The first-order valence-electron chi connectivity index (χ1n) is 6.26. The van der Waals surface area contributed by atoms with E-state index in [0.717, 1.165) is 17.9 Å². The molecule has 0 amide bonds. The van der Waals surface area contributed by atoms with Gasteiger partial charge in [-0.2, -0.15) is 5.26 Å². The van der Waals surface area contributed by atoms with Gasteiger partial charge in [0.05, 0.1) is 12.2 Å². The Labute approximate surface area is 112 Å². The number of aryl methyl sites for hydroxylation is 1. The molecule has 0 saturated heterocycles. The first kappa shape index (κ1) is 13.1. The molecule has 1 aromatic heterocycles. The van der Waals surface area contributed by atoms with Crippen LogP contribution in [0.25, 0.3) is 0 Å². The molecule has 0 aliphatic carbocycles. The highest BCUT2D eigenvalue weighted by Gasteiger charge is 2.10. The summed E-state index contributed by atoms with van der Waals surface area (Å²) in [6.45, 7) is 5.10. The molecule has 0 fully saturated rings. The second-order valence-electron chi connectivity index (χ2n) is 4.24. The average Bonchev–Trinajstić information content (AvgIpc) is 2.81. The van der Waals surface area contributed by atoms with Crippen molar-refractivity contribution in [1.29, 1.82) is 5.26 Å². The summed E-state index contributed by atoms with van der Waals surface area (Å²) in [6, 6.07) is 9.95. The summed E-state index contributed by atoms with van der Waals surface area (Å²) in [4.78, 5) is 0. The minimum absolute atomic E-state index is 0.401. The van der Waals surface area contributed by atoms with Crippen LogP contribution in [0.5, 0.6) is 5.75 Å². The second-order valence-corrected chi connectivity index (χ2v) is 4.24. The highest BCUT2D eigenvalue weighted by atomic mass is 16.5. The van der Waals surface area contributed by atoms with Crippen LogP contribution in [0.4, 0.5) is 0 Å². The van der Waals surface area contributed by atoms with Gasteiger partial charge in [0.15, 0.2) is 5.69 Å². The summed E-state index contributed by atoms with van der Waals surface area (Å²) in [5.41, 5.74) is 2.42. The van der Waals surface area contributed by atoms with Crippen LogP contribution in [-0.4, -0.2) is 21.6 Å². The number of benzene rings is 1. The van der Waals surface area contributed by atoms with E-state index in [2.05, 4.69) is 10.3 Å². The Kier molecular flexibility index (Phi) is 4.14. The average molecular weight is 256 g/mol. The maximum atomic E-state index is 8.90. The summed E-state index contributed by atoms with van der Waals surface area (Å²) >= 11 is 0. The molecule has 1 heterocycles. The predicted molar refractivity (Wildman–Crippen MR) is 70.8 cm³/mol. The topological polar surface area (TPSA) is 63.7 Å². The van der Waals surface area contributed by atoms with Crippen LogP contribution in [0.1, 0.15) is 23.9 Å². The minimum atomic E-state index is 0.401. The molecular formula is C14H16N4O. The van der Waals surface area contributed by atoms with Gasteiger partial charge < -0.3 is 4.74 Å². The molecule has 0 aliphatic heterocycles. The Hall–Kier alpha value is -2.35. The van der Waals surface area contributed by atoms with Gasteiger partial charge in [0, 0.05) is 0 Å².